The van der Waals surface area contributed by atoms with Crippen LogP contribution in [-0.4, -0.2) is 11.6 Å². The van der Waals surface area contributed by atoms with Gasteiger partial charge in [-0.3, -0.25) is 9.59 Å². The molecule has 2 heteroatoms. The summed E-state index contributed by atoms with van der Waals surface area (Å²) in [4.78, 5) is 21.8. The number of ketones is 2. The molecule has 60 valence electrons. The van der Waals surface area contributed by atoms with Crippen molar-refractivity contribution in [2.45, 2.75) is 26.7 Å². The average Bonchev–Trinajstić information content (AvgIpc) is 1.95. The molecule has 0 aromatic heterocycles. The number of allylic oxidation sites excluding steroid dienone is 2. The van der Waals surface area contributed by atoms with E-state index in [0.29, 0.717) is 12.8 Å². The Morgan fingerprint density at radius 3 is 2.64 bits per heavy atom. The van der Waals surface area contributed by atoms with Crippen LogP contribution in [0.5, 0.6) is 0 Å². The van der Waals surface area contributed by atoms with Gasteiger partial charge in [-0.05, 0) is 26.3 Å². The van der Waals surface area contributed by atoms with Crippen LogP contribution in [0.2, 0.25) is 0 Å². The zero-order valence-electron chi connectivity index (χ0n) is 6.89. The summed E-state index contributed by atoms with van der Waals surface area (Å²) in [5, 5.41) is 0. The van der Waals surface area contributed by atoms with Gasteiger partial charge in [-0.25, -0.2) is 0 Å². The van der Waals surface area contributed by atoms with Crippen LogP contribution >= 0.6 is 0 Å². The van der Waals surface area contributed by atoms with E-state index in [0.717, 1.165) is 0 Å². The molecule has 1 aliphatic rings. The van der Waals surface area contributed by atoms with Crippen molar-refractivity contribution in [3.63, 3.8) is 0 Å². The van der Waals surface area contributed by atoms with Gasteiger partial charge >= 0.3 is 0 Å². The van der Waals surface area contributed by atoms with Crippen molar-refractivity contribution in [3.05, 3.63) is 12.2 Å². The van der Waals surface area contributed by atoms with E-state index < -0.39 is 0 Å². The summed E-state index contributed by atoms with van der Waals surface area (Å²) >= 11 is 0. The molecule has 0 radical (unpaired) electrons. The first-order valence-electron chi connectivity index (χ1n) is 3.78. The Hall–Kier alpha value is -0.920. The lowest BCUT2D eigenvalue weighted by Gasteiger charge is -2.24. The van der Waals surface area contributed by atoms with E-state index in [1.54, 1.807) is 13.0 Å². The molecule has 1 atom stereocenters. The molecule has 0 saturated heterocycles. The highest BCUT2D eigenvalue weighted by atomic mass is 16.1. The van der Waals surface area contributed by atoms with E-state index in [1.807, 2.05) is 6.92 Å². The summed E-state index contributed by atoms with van der Waals surface area (Å²) in [7, 11) is 0. The fourth-order valence-electron chi connectivity index (χ4n) is 1.12. The standard InChI is InChI=1S/C9H12O2/c1-7(10)9(2)5-3-8(11)4-6-9/h3,5H,4,6H2,1-2H3/t9-/m0/s1. The second-order valence-electron chi connectivity index (χ2n) is 3.27. The second-order valence-corrected chi connectivity index (χ2v) is 3.27. The highest BCUT2D eigenvalue weighted by molar-refractivity contribution is 5.94. The molecule has 0 amide bonds. The van der Waals surface area contributed by atoms with Crippen LogP contribution in [0.25, 0.3) is 0 Å². The third-order valence-electron chi connectivity index (χ3n) is 2.33. The lowest BCUT2D eigenvalue weighted by atomic mass is 9.78. The number of carbonyl (C=O) groups is 2. The predicted octanol–water partition coefficient (Wildman–Crippen LogP) is 1.50. The largest absolute Gasteiger partial charge is 0.299 e. The molecule has 0 unspecified atom stereocenters. The topological polar surface area (TPSA) is 34.1 Å². The molecule has 11 heavy (non-hydrogen) atoms. The van der Waals surface area contributed by atoms with Gasteiger partial charge in [-0.2, -0.15) is 0 Å². The molecule has 0 spiro atoms. The van der Waals surface area contributed by atoms with Gasteiger partial charge in [-0.1, -0.05) is 6.08 Å². The fraction of sp³-hybridized carbons (Fsp3) is 0.556. The van der Waals surface area contributed by atoms with Crippen molar-refractivity contribution in [3.8, 4) is 0 Å². The SMILES string of the molecule is CC(=O)[C@@]1(C)C=CC(=O)CC1. The van der Waals surface area contributed by atoms with E-state index in [9.17, 15) is 9.59 Å². The minimum absolute atomic E-state index is 0.128. The van der Waals surface area contributed by atoms with Crippen LogP contribution in [0.15, 0.2) is 12.2 Å². The lowest BCUT2D eigenvalue weighted by Crippen LogP contribution is -2.26. The van der Waals surface area contributed by atoms with Crippen molar-refractivity contribution in [2.75, 3.05) is 0 Å². The van der Waals surface area contributed by atoms with Gasteiger partial charge in [0, 0.05) is 11.8 Å². The molecule has 1 aliphatic carbocycles. The first kappa shape index (κ1) is 8.18. The van der Waals surface area contributed by atoms with Crippen molar-refractivity contribution < 1.29 is 9.59 Å². The van der Waals surface area contributed by atoms with Crippen LogP contribution in [0.4, 0.5) is 0 Å². The van der Waals surface area contributed by atoms with Gasteiger partial charge in [0.2, 0.25) is 0 Å². The number of rotatable bonds is 1. The predicted molar refractivity (Wildman–Crippen MR) is 42.2 cm³/mol. The van der Waals surface area contributed by atoms with Crippen molar-refractivity contribution >= 4 is 11.6 Å². The van der Waals surface area contributed by atoms with E-state index in [2.05, 4.69) is 0 Å². The Morgan fingerprint density at radius 1 is 1.64 bits per heavy atom. The summed E-state index contributed by atoms with van der Waals surface area (Å²) in [5.74, 6) is 0.268. The molecular formula is C9H12O2. The highest BCUT2D eigenvalue weighted by Gasteiger charge is 2.29. The number of Topliss-reactive ketones (excluding diaryl/α,β-unsaturated/α-hetero) is 1. The van der Waals surface area contributed by atoms with Gasteiger partial charge in [0.15, 0.2) is 5.78 Å². The fourth-order valence-corrected chi connectivity index (χ4v) is 1.12. The minimum atomic E-state index is -0.381. The first-order chi connectivity index (χ1) is 5.04. The van der Waals surface area contributed by atoms with Gasteiger partial charge in [0.25, 0.3) is 0 Å². The maximum Gasteiger partial charge on any atom is 0.155 e. The Bertz CT molecular complexity index is 228. The number of hydrogen-bond acceptors (Lipinski definition) is 2. The minimum Gasteiger partial charge on any atom is -0.299 e. The Balaban J connectivity index is 2.84. The Kier molecular flexibility index (Phi) is 1.94. The molecule has 1 rings (SSSR count). The summed E-state index contributed by atoms with van der Waals surface area (Å²) in [6.07, 6.45) is 4.41. The summed E-state index contributed by atoms with van der Waals surface area (Å²) < 4.78 is 0. The van der Waals surface area contributed by atoms with Gasteiger partial charge in [0.1, 0.15) is 5.78 Å². The monoisotopic (exact) mass is 152 g/mol. The van der Waals surface area contributed by atoms with Crippen LogP contribution in [0.3, 0.4) is 0 Å². The summed E-state index contributed by atoms with van der Waals surface area (Å²) in [5.41, 5.74) is -0.381. The van der Waals surface area contributed by atoms with Gasteiger partial charge in [-0.15, -0.1) is 0 Å². The second kappa shape index (κ2) is 2.61. The zero-order valence-corrected chi connectivity index (χ0v) is 6.89. The maximum atomic E-state index is 11.1. The zero-order chi connectivity index (χ0) is 8.48. The molecule has 0 N–H and O–H groups in total. The van der Waals surface area contributed by atoms with E-state index in [1.165, 1.54) is 6.08 Å². The summed E-state index contributed by atoms with van der Waals surface area (Å²) in [6, 6.07) is 0. The first-order valence-corrected chi connectivity index (χ1v) is 3.78. The quantitative estimate of drug-likeness (QED) is 0.570. The molecule has 0 aromatic rings. The van der Waals surface area contributed by atoms with Crippen molar-refractivity contribution in [1.29, 1.82) is 0 Å². The number of hydrogen-bond donors (Lipinski definition) is 0. The molecule has 0 bridgehead atoms. The van der Waals surface area contributed by atoms with Crippen LogP contribution in [-0.2, 0) is 9.59 Å². The van der Waals surface area contributed by atoms with Gasteiger partial charge < -0.3 is 0 Å². The van der Waals surface area contributed by atoms with Crippen molar-refractivity contribution in [1.82, 2.24) is 0 Å². The molecule has 0 aromatic carbocycles. The number of carbonyl (C=O) groups excluding carboxylic acids is 2. The lowest BCUT2D eigenvalue weighted by molar-refractivity contribution is -0.124. The van der Waals surface area contributed by atoms with E-state index in [-0.39, 0.29) is 17.0 Å². The molecule has 0 saturated carbocycles. The molecular weight excluding hydrogens is 140 g/mol. The van der Waals surface area contributed by atoms with Crippen LogP contribution < -0.4 is 0 Å². The maximum absolute atomic E-state index is 11.1. The Morgan fingerprint density at radius 2 is 2.27 bits per heavy atom. The van der Waals surface area contributed by atoms with Crippen LogP contribution in [0, 0.1) is 5.41 Å². The normalized spacial score (nSPS) is 30.5. The van der Waals surface area contributed by atoms with E-state index >= 15 is 0 Å². The highest BCUT2D eigenvalue weighted by Crippen LogP contribution is 2.29. The third-order valence-corrected chi connectivity index (χ3v) is 2.33. The molecule has 0 heterocycles. The van der Waals surface area contributed by atoms with Crippen molar-refractivity contribution in [2.24, 2.45) is 5.41 Å². The third kappa shape index (κ3) is 1.56. The smallest absolute Gasteiger partial charge is 0.155 e. The van der Waals surface area contributed by atoms with Gasteiger partial charge in [0.05, 0.1) is 0 Å². The molecule has 0 aliphatic heterocycles. The molecule has 0 fully saturated rings. The average molecular weight is 152 g/mol. The van der Waals surface area contributed by atoms with Crippen LogP contribution in [0.1, 0.15) is 26.7 Å². The summed E-state index contributed by atoms with van der Waals surface area (Å²) in [6.45, 7) is 3.44. The Labute approximate surface area is 66.3 Å². The molecule has 2 nitrogen and oxygen atoms in total. The van der Waals surface area contributed by atoms with E-state index in [4.69, 9.17) is 0 Å².